The monoisotopic (exact) mass is 363 g/mol. The molecule has 0 saturated heterocycles. The Morgan fingerprint density at radius 1 is 0.960 bits per heavy atom. The van der Waals surface area contributed by atoms with Gasteiger partial charge >= 0.3 is 5.97 Å². The minimum Gasteiger partial charge on any atom is -0.495 e. The number of benzene rings is 2. The predicted octanol–water partition coefficient (Wildman–Crippen LogP) is 2.14. The third-order valence-corrected chi connectivity index (χ3v) is 4.51. The van der Waals surface area contributed by atoms with Crippen molar-refractivity contribution in [1.29, 1.82) is 0 Å². The summed E-state index contributed by atoms with van der Waals surface area (Å²) in [7, 11) is -0.916. The van der Waals surface area contributed by atoms with Crippen LogP contribution in [-0.2, 0) is 14.6 Å². The van der Waals surface area contributed by atoms with Crippen LogP contribution in [0.25, 0.3) is 0 Å². The van der Waals surface area contributed by atoms with Gasteiger partial charge in [-0.05, 0) is 42.5 Å². The fourth-order valence-electron chi connectivity index (χ4n) is 2.12. The third-order valence-electron chi connectivity index (χ3n) is 3.39. The summed E-state index contributed by atoms with van der Waals surface area (Å²) in [5.41, 5.74) is 0.969. The minimum absolute atomic E-state index is 0.0660. The summed E-state index contributed by atoms with van der Waals surface area (Å²) in [6.07, 6.45) is 1.04. The van der Waals surface area contributed by atoms with E-state index in [1.54, 1.807) is 12.1 Å². The number of hydrogen-bond acceptors (Lipinski definition) is 6. The lowest BCUT2D eigenvalue weighted by Gasteiger charge is -2.10. The summed E-state index contributed by atoms with van der Waals surface area (Å²) in [6.45, 7) is 0. The van der Waals surface area contributed by atoms with E-state index < -0.39 is 21.7 Å². The number of ether oxygens (including phenoxy) is 2. The van der Waals surface area contributed by atoms with E-state index in [0.29, 0.717) is 11.3 Å². The van der Waals surface area contributed by atoms with Gasteiger partial charge in [0.2, 0.25) is 0 Å². The topological polar surface area (TPSA) is 98.8 Å². The molecule has 2 aromatic rings. The van der Waals surface area contributed by atoms with Gasteiger partial charge in [0.1, 0.15) is 10.6 Å². The van der Waals surface area contributed by atoms with E-state index in [-0.39, 0.29) is 16.2 Å². The molecule has 0 bridgehead atoms. The first-order valence-electron chi connectivity index (χ1n) is 7.14. The number of methoxy groups -OCH3 is 2. The Morgan fingerprint density at radius 2 is 1.56 bits per heavy atom. The van der Waals surface area contributed by atoms with E-state index >= 15 is 0 Å². The molecule has 2 aromatic carbocycles. The molecule has 0 saturated carbocycles. The maximum Gasteiger partial charge on any atom is 0.337 e. The van der Waals surface area contributed by atoms with Crippen LogP contribution in [-0.4, -0.2) is 40.8 Å². The number of esters is 1. The van der Waals surface area contributed by atoms with Crippen molar-refractivity contribution in [3.63, 3.8) is 0 Å². The molecule has 0 aliphatic carbocycles. The number of hydrogen-bond donors (Lipinski definition) is 1. The average Bonchev–Trinajstić information content (AvgIpc) is 2.60. The van der Waals surface area contributed by atoms with Crippen LogP contribution in [0, 0.1) is 0 Å². The van der Waals surface area contributed by atoms with Gasteiger partial charge in [0, 0.05) is 17.5 Å². The minimum atomic E-state index is -3.55. The fourth-order valence-corrected chi connectivity index (χ4v) is 2.98. The normalized spacial score (nSPS) is 10.8. The molecule has 7 nitrogen and oxygen atoms in total. The smallest absolute Gasteiger partial charge is 0.337 e. The van der Waals surface area contributed by atoms with Crippen LogP contribution in [0.15, 0.2) is 47.4 Å². The second kappa shape index (κ2) is 7.35. The third kappa shape index (κ3) is 4.36. The van der Waals surface area contributed by atoms with Crippen molar-refractivity contribution in [1.82, 2.24) is 0 Å². The Balaban J connectivity index is 2.25. The molecule has 1 amide bonds. The number of sulfone groups is 1. The lowest BCUT2D eigenvalue weighted by Crippen LogP contribution is -2.13. The Labute approximate surface area is 145 Å². The lowest BCUT2D eigenvalue weighted by molar-refractivity contribution is 0.0600. The molecule has 0 unspecified atom stereocenters. The summed E-state index contributed by atoms with van der Waals surface area (Å²) < 4.78 is 33.3. The number of anilines is 1. The number of nitrogens with one attached hydrogen (secondary N) is 1. The maximum absolute atomic E-state index is 12.3. The van der Waals surface area contributed by atoms with E-state index in [9.17, 15) is 18.0 Å². The van der Waals surface area contributed by atoms with Gasteiger partial charge in [0.15, 0.2) is 9.84 Å². The first-order chi connectivity index (χ1) is 11.8. The molecule has 132 valence electrons. The summed E-state index contributed by atoms with van der Waals surface area (Å²) in [6, 6.07) is 10.3. The molecule has 0 spiro atoms. The zero-order valence-corrected chi connectivity index (χ0v) is 14.7. The molecule has 25 heavy (non-hydrogen) atoms. The Morgan fingerprint density at radius 3 is 2.08 bits per heavy atom. The number of rotatable bonds is 5. The average molecular weight is 363 g/mol. The van der Waals surface area contributed by atoms with Crippen molar-refractivity contribution in [3.05, 3.63) is 53.6 Å². The molecular weight excluding hydrogens is 346 g/mol. The first-order valence-corrected chi connectivity index (χ1v) is 9.03. The van der Waals surface area contributed by atoms with E-state index in [0.717, 1.165) is 6.26 Å². The summed E-state index contributed by atoms with van der Waals surface area (Å²) >= 11 is 0. The van der Waals surface area contributed by atoms with Crippen LogP contribution in [0.4, 0.5) is 5.69 Å². The number of carbonyl (C=O) groups excluding carboxylic acids is 2. The van der Waals surface area contributed by atoms with E-state index in [4.69, 9.17) is 4.74 Å². The summed E-state index contributed by atoms with van der Waals surface area (Å²) in [5, 5.41) is 2.63. The number of carbonyl (C=O) groups is 2. The first kappa shape index (κ1) is 18.5. The molecule has 0 fully saturated rings. The van der Waals surface area contributed by atoms with Crippen LogP contribution in [0.1, 0.15) is 20.7 Å². The zero-order valence-electron chi connectivity index (χ0n) is 13.9. The van der Waals surface area contributed by atoms with Crippen LogP contribution >= 0.6 is 0 Å². The summed E-state index contributed by atoms with van der Waals surface area (Å²) in [4.78, 5) is 23.6. The molecule has 8 heteroatoms. The molecule has 0 aliphatic rings. The largest absolute Gasteiger partial charge is 0.495 e. The van der Waals surface area contributed by atoms with Gasteiger partial charge in [0.25, 0.3) is 5.91 Å². The highest BCUT2D eigenvalue weighted by molar-refractivity contribution is 7.90. The van der Waals surface area contributed by atoms with Crippen LogP contribution in [0.3, 0.4) is 0 Å². The highest BCUT2D eigenvalue weighted by Gasteiger charge is 2.17. The van der Waals surface area contributed by atoms with Gasteiger partial charge < -0.3 is 14.8 Å². The van der Waals surface area contributed by atoms with Crippen molar-refractivity contribution in [2.24, 2.45) is 0 Å². The van der Waals surface area contributed by atoms with E-state index in [2.05, 4.69) is 10.1 Å². The maximum atomic E-state index is 12.3. The van der Waals surface area contributed by atoms with Gasteiger partial charge in [-0.15, -0.1) is 0 Å². The van der Waals surface area contributed by atoms with Gasteiger partial charge in [0.05, 0.1) is 19.8 Å². The van der Waals surface area contributed by atoms with Gasteiger partial charge in [-0.25, -0.2) is 13.2 Å². The van der Waals surface area contributed by atoms with E-state index in [1.807, 2.05) is 0 Å². The zero-order chi connectivity index (χ0) is 18.6. The highest BCUT2D eigenvalue weighted by atomic mass is 32.2. The van der Waals surface area contributed by atoms with Crippen LogP contribution < -0.4 is 10.1 Å². The van der Waals surface area contributed by atoms with Gasteiger partial charge in [-0.2, -0.15) is 0 Å². The van der Waals surface area contributed by atoms with Crippen molar-refractivity contribution in [2.75, 3.05) is 25.8 Å². The summed E-state index contributed by atoms with van der Waals surface area (Å²) in [5.74, 6) is -0.800. The highest BCUT2D eigenvalue weighted by Crippen LogP contribution is 2.25. The van der Waals surface area contributed by atoms with Crippen LogP contribution in [0.5, 0.6) is 5.75 Å². The van der Waals surface area contributed by atoms with Gasteiger partial charge in [-0.3, -0.25) is 4.79 Å². The molecule has 0 radical (unpaired) electrons. The van der Waals surface area contributed by atoms with Crippen LogP contribution in [0.2, 0.25) is 0 Å². The van der Waals surface area contributed by atoms with E-state index in [1.165, 1.54) is 44.6 Å². The molecule has 0 atom stereocenters. The van der Waals surface area contributed by atoms with Gasteiger partial charge in [-0.1, -0.05) is 0 Å². The Hall–Kier alpha value is -2.87. The van der Waals surface area contributed by atoms with Crippen molar-refractivity contribution in [3.8, 4) is 5.75 Å². The van der Waals surface area contributed by atoms with Crippen molar-refractivity contribution < 1.29 is 27.5 Å². The molecular formula is C17H17NO6S. The molecule has 1 N–H and O–H groups in total. The standard InChI is InChI=1S/C17H17NO6S/c1-23-14-9-6-12(10-15(14)25(3,21)22)16(19)18-13-7-4-11(5-8-13)17(20)24-2/h4-10H,1-3H3,(H,18,19). The number of amides is 1. The van der Waals surface area contributed by atoms with Crippen molar-refractivity contribution in [2.45, 2.75) is 4.90 Å². The fraction of sp³-hybridized carbons (Fsp3) is 0.176. The molecule has 0 heterocycles. The lowest BCUT2D eigenvalue weighted by atomic mass is 10.1. The molecule has 2 rings (SSSR count). The Kier molecular flexibility index (Phi) is 5.43. The predicted molar refractivity (Wildman–Crippen MR) is 91.8 cm³/mol. The SMILES string of the molecule is COC(=O)c1ccc(NC(=O)c2ccc(OC)c(S(C)(=O)=O)c2)cc1. The second-order valence-electron chi connectivity index (χ2n) is 5.16. The van der Waals surface area contributed by atoms with Crippen molar-refractivity contribution >= 4 is 27.4 Å². The molecule has 0 aliphatic heterocycles. The quantitative estimate of drug-likeness (QED) is 0.817. The molecule has 0 aromatic heterocycles. The second-order valence-corrected chi connectivity index (χ2v) is 7.15. The Bertz CT molecular complexity index is 903.